The summed E-state index contributed by atoms with van der Waals surface area (Å²) >= 11 is 0. The van der Waals surface area contributed by atoms with Crippen LogP contribution in [0.5, 0.6) is 5.75 Å². The maximum absolute atomic E-state index is 11.9. The smallest absolute Gasteiger partial charge is 0.162 e. The van der Waals surface area contributed by atoms with Crippen LogP contribution < -0.4 is 0 Å². The highest BCUT2D eigenvalue weighted by Crippen LogP contribution is 2.20. The van der Waals surface area contributed by atoms with Crippen LogP contribution in [0.3, 0.4) is 0 Å². The van der Waals surface area contributed by atoms with Crippen molar-refractivity contribution in [3.8, 4) is 5.75 Å². The lowest BCUT2D eigenvalue weighted by Crippen LogP contribution is -2.00. The standard InChI is InChI=1S/C15H22O2/c1-3-5-6-7-8-14(16)13-9-10-15(17)12(4-2)11-13/h9-11,17H,3-8H2,1-2H3. The van der Waals surface area contributed by atoms with Crippen LogP contribution >= 0.6 is 0 Å². The summed E-state index contributed by atoms with van der Waals surface area (Å²) in [6.45, 7) is 4.14. The fraction of sp³-hybridized carbons (Fsp3) is 0.533. The molecule has 0 bridgehead atoms. The highest BCUT2D eigenvalue weighted by atomic mass is 16.3. The number of phenols is 1. The summed E-state index contributed by atoms with van der Waals surface area (Å²) in [6.07, 6.45) is 5.85. The third kappa shape index (κ3) is 4.22. The van der Waals surface area contributed by atoms with Gasteiger partial charge in [0.05, 0.1) is 0 Å². The van der Waals surface area contributed by atoms with E-state index in [2.05, 4.69) is 6.92 Å². The van der Waals surface area contributed by atoms with Gasteiger partial charge in [0.15, 0.2) is 5.78 Å². The molecule has 1 aromatic rings. The zero-order chi connectivity index (χ0) is 12.7. The zero-order valence-corrected chi connectivity index (χ0v) is 10.8. The number of carbonyl (C=O) groups is 1. The van der Waals surface area contributed by atoms with E-state index in [1.807, 2.05) is 13.0 Å². The van der Waals surface area contributed by atoms with Crippen LogP contribution in [0.1, 0.15) is 61.9 Å². The van der Waals surface area contributed by atoms with Crippen LogP contribution in [0.15, 0.2) is 18.2 Å². The fourth-order valence-electron chi connectivity index (χ4n) is 1.90. The van der Waals surface area contributed by atoms with Gasteiger partial charge in [-0.1, -0.05) is 33.1 Å². The Balaban J connectivity index is 2.57. The van der Waals surface area contributed by atoms with Gasteiger partial charge in [0.25, 0.3) is 0 Å². The molecule has 2 heteroatoms. The van der Waals surface area contributed by atoms with Crippen LogP contribution in [0.2, 0.25) is 0 Å². The third-order valence-corrected chi connectivity index (χ3v) is 3.04. The molecule has 2 nitrogen and oxygen atoms in total. The first-order chi connectivity index (χ1) is 8.19. The topological polar surface area (TPSA) is 37.3 Å². The quantitative estimate of drug-likeness (QED) is 0.569. The number of Topliss-reactive ketones (excluding diaryl/α,β-unsaturated/α-hetero) is 1. The first-order valence-corrected chi connectivity index (χ1v) is 6.54. The first-order valence-electron chi connectivity index (χ1n) is 6.54. The number of aromatic hydroxyl groups is 1. The van der Waals surface area contributed by atoms with Gasteiger partial charge in [0, 0.05) is 12.0 Å². The van der Waals surface area contributed by atoms with Crippen molar-refractivity contribution in [3.63, 3.8) is 0 Å². The summed E-state index contributed by atoms with van der Waals surface area (Å²) in [5.74, 6) is 0.478. The van der Waals surface area contributed by atoms with E-state index >= 15 is 0 Å². The van der Waals surface area contributed by atoms with Gasteiger partial charge in [-0.2, -0.15) is 0 Å². The highest BCUT2D eigenvalue weighted by Gasteiger charge is 2.08. The average Bonchev–Trinajstić information content (AvgIpc) is 2.35. The van der Waals surface area contributed by atoms with Gasteiger partial charge in [-0.15, -0.1) is 0 Å². The van der Waals surface area contributed by atoms with E-state index in [4.69, 9.17) is 0 Å². The van der Waals surface area contributed by atoms with Crippen molar-refractivity contribution in [3.05, 3.63) is 29.3 Å². The number of hydrogen-bond donors (Lipinski definition) is 1. The third-order valence-electron chi connectivity index (χ3n) is 3.04. The number of unbranched alkanes of at least 4 members (excludes halogenated alkanes) is 3. The number of phenolic OH excluding ortho intramolecular Hbond substituents is 1. The molecule has 0 unspecified atom stereocenters. The molecule has 94 valence electrons. The minimum Gasteiger partial charge on any atom is -0.508 e. The Morgan fingerprint density at radius 2 is 1.94 bits per heavy atom. The predicted octanol–water partition coefficient (Wildman–Crippen LogP) is 4.11. The van der Waals surface area contributed by atoms with Gasteiger partial charge in [0.2, 0.25) is 0 Å². The van der Waals surface area contributed by atoms with Crippen molar-refractivity contribution < 1.29 is 9.90 Å². The zero-order valence-electron chi connectivity index (χ0n) is 10.8. The van der Waals surface area contributed by atoms with E-state index in [1.54, 1.807) is 12.1 Å². The molecule has 0 radical (unpaired) electrons. The molecule has 0 amide bonds. The summed E-state index contributed by atoms with van der Waals surface area (Å²) in [5, 5.41) is 9.55. The second-order valence-corrected chi connectivity index (χ2v) is 4.43. The van der Waals surface area contributed by atoms with E-state index in [0.29, 0.717) is 6.42 Å². The highest BCUT2D eigenvalue weighted by molar-refractivity contribution is 5.96. The van der Waals surface area contributed by atoms with Crippen molar-refractivity contribution in [1.82, 2.24) is 0 Å². The number of ketones is 1. The van der Waals surface area contributed by atoms with Crippen molar-refractivity contribution in [2.45, 2.75) is 52.4 Å². The summed E-state index contributed by atoms with van der Waals surface area (Å²) in [5.41, 5.74) is 1.58. The molecule has 0 aromatic heterocycles. The monoisotopic (exact) mass is 234 g/mol. The maximum Gasteiger partial charge on any atom is 0.162 e. The molecule has 17 heavy (non-hydrogen) atoms. The molecule has 1 rings (SSSR count). The van der Waals surface area contributed by atoms with Gasteiger partial charge in [-0.3, -0.25) is 4.79 Å². The molecular formula is C15H22O2. The molecule has 1 N–H and O–H groups in total. The van der Waals surface area contributed by atoms with Gasteiger partial charge in [0.1, 0.15) is 5.75 Å². The van der Waals surface area contributed by atoms with E-state index in [9.17, 15) is 9.90 Å². The summed E-state index contributed by atoms with van der Waals surface area (Å²) in [6, 6.07) is 5.16. The molecule has 0 aliphatic carbocycles. The molecule has 0 fully saturated rings. The van der Waals surface area contributed by atoms with Crippen LogP contribution in [-0.4, -0.2) is 10.9 Å². The second kappa shape index (κ2) is 7.10. The average molecular weight is 234 g/mol. The minimum atomic E-state index is 0.191. The van der Waals surface area contributed by atoms with E-state index in [0.717, 1.165) is 30.4 Å². The molecular weight excluding hydrogens is 212 g/mol. The van der Waals surface area contributed by atoms with Crippen LogP contribution in [0.4, 0.5) is 0 Å². The SMILES string of the molecule is CCCCCCC(=O)c1ccc(O)c(CC)c1. The van der Waals surface area contributed by atoms with Crippen molar-refractivity contribution in [1.29, 1.82) is 0 Å². The number of hydrogen-bond acceptors (Lipinski definition) is 2. The molecule has 0 saturated carbocycles. The summed E-state index contributed by atoms with van der Waals surface area (Å²) in [7, 11) is 0. The minimum absolute atomic E-state index is 0.191. The molecule has 1 aromatic carbocycles. The Morgan fingerprint density at radius 3 is 2.59 bits per heavy atom. The molecule has 0 saturated heterocycles. The predicted molar refractivity (Wildman–Crippen MR) is 70.6 cm³/mol. The van der Waals surface area contributed by atoms with Crippen LogP contribution in [-0.2, 0) is 6.42 Å². The van der Waals surface area contributed by atoms with E-state index < -0.39 is 0 Å². The lowest BCUT2D eigenvalue weighted by atomic mass is 10.0. The van der Waals surface area contributed by atoms with Gasteiger partial charge >= 0.3 is 0 Å². The lowest BCUT2D eigenvalue weighted by Gasteiger charge is -2.05. The number of carbonyl (C=O) groups excluding carboxylic acids is 1. The molecule has 0 aliphatic rings. The van der Waals surface area contributed by atoms with Gasteiger partial charge in [-0.25, -0.2) is 0 Å². The van der Waals surface area contributed by atoms with Gasteiger partial charge in [-0.05, 0) is 36.6 Å². The number of aryl methyl sites for hydroxylation is 1. The first kappa shape index (κ1) is 13.8. The molecule has 0 atom stereocenters. The Kier molecular flexibility index (Phi) is 5.75. The van der Waals surface area contributed by atoms with Crippen molar-refractivity contribution in [2.75, 3.05) is 0 Å². The Bertz CT molecular complexity index is 369. The Morgan fingerprint density at radius 1 is 1.18 bits per heavy atom. The Hall–Kier alpha value is -1.31. The van der Waals surface area contributed by atoms with E-state index in [-0.39, 0.29) is 11.5 Å². The fourth-order valence-corrected chi connectivity index (χ4v) is 1.90. The van der Waals surface area contributed by atoms with Crippen LogP contribution in [0.25, 0.3) is 0 Å². The largest absolute Gasteiger partial charge is 0.508 e. The van der Waals surface area contributed by atoms with Gasteiger partial charge < -0.3 is 5.11 Å². The van der Waals surface area contributed by atoms with Crippen LogP contribution in [0, 0.1) is 0 Å². The lowest BCUT2D eigenvalue weighted by molar-refractivity contribution is 0.0979. The maximum atomic E-state index is 11.9. The summed E-state index contributed by atoms with van der Waals surface area (Å²) < 4.78 is 0. The van der Waals surface area contributed by atoms with E-state index in [1.165, 1.54) is 12.8 Å². The number of rotatable bonds is 7. The normalized spacial score (nSPS) is 10.5. The number of benzene rings is 1. The molecule has 0 spiro atoms. The molecule has 0 aliphatic heterocycles. The van der Waals surface area contributed by atoms with Crippen molar-refractivity contribution in [2.24, 2.45) is 0 Å². The Labute approximate surface area is 104 Å². The second-order valence-electron chi connectivity index (χ2n) is 4.43. The van der Waals surface area contributed by atoms with Crippen molar-refractivity contribution >= 4 is 5.78 Å². The molecule has 0 heterocycles. The summed E-state index contributed by atoms with van der Waals surface area (Å²) in [4.78, 5) is 11.9.